The van der Waals surface area contributed by atoms with Gasteiger partial charge in [0.05, 0.1) is 24.3 Å². The highest BCUT2D eigenvalue weighted by atomic mass is 16.5. The summed E-state index contributed by atoms with van der Waals surface area (Å²) in [7, 11) is 0. The minimum atomic E-state index is -0.350. The molecule has 4 heteroatoms. The summed E-state index contributed by atoms with van der Waals surface area (Å²) in [4.78, 5) is 13.7. The third kappa shape index (κ3) is 2.45. The lowest BCUT2D eigenvalue weighted by molar-refractivity contribution is -0.115. The van der Waals surface area contributed by atoms with Crippen molar-refractivity contribution in [2.24, 2.45) is 5.41 Å². The molecule has 2 aliphatic rings. The molecule has 19 heavy (non-hydrogen) atoms. The third-order valence-corrected chi connectivity index (χ3v) is 3.93. The number of para-hydroxylation sites is 2. The van der Waals surface area contributed by atoms with Gasteiger partial charge in [-0.05, 0) is 25.0 Å². The molecule has 0 N–H and O–H groups in total. The molecular formula is C15H19NO3. The largest absolute Gasteiger partial charge is 0.491 e. The maximum atomic E-state index is 11.5. The SMILES string of the molecule is O=CC1(CN2CCCOc3ccccc32)CCOC1. The molecular weight excluding hydrogens is 242 g/mol. The lowest BCUT2D eigenvalue weighted by Gasteiger charge is -2.31. The first-order valence-electron chi connectivity index (χ1n) is 6.84. The maximum Gasteiger partial charge on any atom is 0.142 e. The quantitative estimate of drug-likeness (QED) is 0.779. The maximum absolute atomic E-state index is 11.5. The van der Waals surface area contributed by atoms with Gasteiger partial charge in [0, 0.05) is 19.7 Å². The standard InChI is InChI=1S/C15H19NO3/c17-11-15(6-9-18-12-15)10-16-7-3-8-19-14-5-2-1-4-13(14)16/h1-2,4-5,11H,3,6-10,12H2. The summed E-state index contributed by atoms with van der Waals surface area (Å²) in [6.45, 7) is 3.60. The van der Waals surface area contributed by atoms with Gasteiger partial charge in [-0.15, -0.1) is 0 Å². The Bertz CT molecular complexity index is 454. The second kappa shape index (κ2) is 5.21. The first-order valence-corrected chi connectivity index (χ1v) is 6.84. The molecule has 0 saturated carbocycles. The average molecular weight is 261 g/mol. The van der Waals surface area contributed by atoms with Crippen LogP contribution in [0.2, 0.25) is 0 Å². The summed E-state index contributed by atoms with van der Waals surface area (Å²) >= 11 is 0. The number of ether oxygens (including phenoxy) is 2. The van der Waals surface area contributed by atoms with Gasteiger partial charge in [0.15, 0.2) is 0 Å². The van der Waals surface area contributed by atoms with Gasteiger partial charge in [0.25, 0.3) is 0 Å². The van der Waals surface area contributed by atoms with E-state index in [1.807, 2.05) is 18.2 Å². The minimum absolute atomic E-state index is 0.350. The molecule has 1 saturated heterocycles. The highest BCUT2D eigenvalue weighted by Gasteiger charge is 2.37. The van der Waals surface area contributed by atoms with Crippen LogP contribution in [0.3, 0.4) is 0 Å². The van der Waals surface area contributed by atoms with Crippen LogP contribution in [0.5, 0.6) is 5.75 Å². The highest BCUT2D eigenvalue weighted by molar-refractivity contribution is 5.65. The Labute approximate surface area is 113 Å². The number of aldehydes is 1. The second-order valence-corrected chi connectivity index (χ2v) is 5.37. The summed E-state index contributed by atoms with van der Waals surface area (Å²) in [5.74, 6) is 0.917. The molecule has 1 atom stereocenters. The summed E-state index contributed by atoms with van der Waals surface area (Å²) in [6.07, 6.45) is 2.87. The van der Waals surface area contributed by atoms with Gasteiger partial charge in [0.1, 0.15) is 12.0 Å². The van der Waals surface area contributed by atoms with Crippen molar-refractivity contribution >= 4 is 12.0 Å². The molecule has 2 heterocycles. The topological polar surface area (TPSA) is 38.8 Å². The molecule has 1 aromatic rings. The van der Waals surface area contributed by atoms with Gasteiger partial charge >= 0.3 is 0 Å². The second-order valence-electron chi connectivity index (χ2n) is 5.37. The van der Waals surface area contributed by atoms with Crippen LogP contribution in [0.15, 0.2) is 24.3 Å². The first-order chi connectivity index (χ1) is 9.33. The Balaban J connectivity index is 1.86. The van der Waals surface area contributed by atoms with E-state index < -0.39 is 0 Å². The zero-order valence-corrected chi connectivity index (χ0v) is 11.0. The average Bonchev–Trinajstić information content (AvgIpc) is 2.83. The lowest BCUT2D eigenvalue weighted by Crippen LogP contribution is -2.40. The zero-order chi connectivity index (χ0) is 13.1. The van der Waals surface area contributed by atoms with Crippen LogP contribution < -0.4 is 9.64 Å². The summed E-state index contributed by atoms with van der Waals surface area (Å²) in [5, 5.41) is 0. The van der Waals surface area contributed by atoms with Gasteiger partial charge in [-0.2, -0.15) is 0 Å². The summed E-state index contributed by atoms with van der Waals surface area (Å²) in [6, 6.07) is 8.05. The highest BCUT2D eigenvalue weighted by Crippen LogP contribution is 2.35. The fraction of sp³-hybridized carbons (Fsp3) is 0.533. The van der Waals surface area contributed by atoms with Crippen LogP contribution in [-0.4, -0.2) is 39.2 Å². The summed E-state index contributed by atoms with van der Waals surface area (Å²) in [5.41, 5.74) is 0.741. The fourth-order valence-electron chi connectivity index (χ4n) is 2.82. The van der Waals surface area contributed by atoms with Gasteiger partial charge in [-0.25, -0.2) is 0 Å². The van der Waals surface area contributed by atoms with E-state index >= 15 is 0 Å². The molecule has 0 spiro atoms. The minimum Gasteiger partial charge on any atom is -0.491 e. The van der Waals surface area contributed by atoms with Gasteiger partial charge < -0.3 is 19.2 Å². The van der Waals surface area contributed by atoms with Gasteiger partial charge in [-0.1, -0.05) is 12.1 Å². The number of nitrogens with zero attached hydrogens (tertiary/aromatic N) is 1. The molecule has 3 rings (SSSR count). The molecule has 0 amide bonds. The van der Waals surface area contributed by atoms with Crippen molar-refractivity contribution in [1.82, 2.24) is 0 Å². The van der Waals surface area contributed by atoms with E-state index in [9.17, 15) is 4.79 Å². The van der Waals surface area contributed by atoms with Crippen molar-refractivity contribution in [2.75, 3.05) is 37.8 Å². The number of hydrogen-bond donors (Lipinski definition) is 0. The molecule has 0 aliphatic carbocycles. The van der Waals surface area contributed by atoms with Gasteiger partial charge in [0.2, 0.25) is 0 Å². The zero-order valence-electron chi connectivity index (χ0n) is 11.0. The number of carbonyl (C=O) groups is 1. The molecule has 1 unspecified atom stereocenters. The predicted molar refractivity (Wildman–Crippen MR) is 72.7 cm³/mol. The van der Waals surface area contributed by atoms with E-state index in [0.717, 1.165) is 50.3 Å². The number of carbonyl (C=O) groups excluding carboxylic acids is 1. The molecule has 0 radical (unpaired) electrons. The Morgan fingerprint density at radius 1 is 1.32 bits per heavy atom. The first kappa shape index (κ1) is 12.5. The van der Waals surface area contributed by atoms with E-state index in [1.54, 1.807) is 0 Å². The van der Waals surface area contributed by atoms with Crippen molar-refractivity contribution in [3.63, 3.8) is 0 Å². The monoisotopic (exact) mass is 261 g/mol. The van der Waals surface area contributed by atoms with Crippen molar-refractivity contribution in [3.8, 4) is 5.75 Å². The molecule has 4 nitrogen and oxygen atoms in total. The number of fused-ring (bicyclic) bond motifs is 1. The molecule has 0 aromatic heterocycles. The van der Waals surface area contributed by atoms with Crippen LogP contribution in [0.4, 0.5) is 5.69 Å². The van der Waals surface area contributed by atoms with Crippen molar-refractivity contribution < 1.29 is 14.3 Å². The number of benzene rings is 1. The molecule has 102 valence electrons. The van der Waals surface area contributed by atoms with Crippen LogP contribution in [0, 0.1) is 5.41 Å². The smallest absolute Gasteiger partial charge is 0.142 e. The fourth-order valence-corrected chi connectivity index (χ4v) is 2.82. The molecule has 0 bridgehead atoms. The van der Waals surface area contributed by atoms with Crippen LogP contribution >= 0.6 is 0 Å². The van der Waals surface area contributed by atoms with Gasteiger partial charge in [-0.3, -0.25) is 0 Å². The Kier molecular flexibility index (Phi) is 3.42. The van der Waals surface area contributed by atoms with E-state index in [2.05, 4.69) is 11.0 Å². The van der Waals surface area contributed by atoms with E-state index in [1.165, 1.54) is 0 Å². The number of anilines is 1. The van der Waals surface area contributed by atoms with E-state index in [0.29, 0.717) is 13.2 Å². The molecule has 2 aliphatic heterocycles. The Hall–Kier alpha value is -1.55. The Morgan fingerprint density at radius 2 is 2.21 bits per heavy atom. The van der Waals surface area contributed by atoms with Crippen molar-refractivity contribution in [2.45, 2.75) is 12.8 Å². The number of rotatable bonds is 3. The summed E-state index contributed by atoms with van der Waals surface area (Å²) < 4.78 is 11.2. The van der Waals surface area contributed by atoms with Crippen molar-refractivity contribution in [3.05, 3.63) is 24.3 Å². The molecule has 1 aromatic carbocycles. The lowest BCUT2D eigenvalue weighted by atomic mass is 9.88. The van der Waals surface area contributed by atoms with E-state index in [4.69, 9.17) is 9.47 Å². The normalized spacial score (nSPS) is 26.4. The Morgan fingerprint density at radius 3 is 3.00 bits per heavy atom. The third-order valence-electron chi connectivity index (χ3n) is 3.93. The van der Waals surface area contributed by atoms with E-state index in [-0.39, 0.29) is 5.41 Å². The number of hydrogen-bond acceptors (Lipinski definition) is 4. The van der Waals surface area contributed by atoms with Crippen LogP contribution in [0.1, 0.15) is 12.8 Å². The van der Waals surface area contributed by atoms with Crippen LogP contribution in [-0.2, 0) is 9.53 Å². The van der Waals surface area contributed by atoms with Crippen molar-refractivity contribution in [1.29, 1.82) is 0 Å². The molecule has 1 fully saturated rings. The predicted octanol–water partition coefficient (Wildman–Crippen LogP) is 1.88. The van der Waals surface area contributed by atoms with Crippen LogP contribution in [0.25, 0.3) is 0 Å².